The fourth-order valence-electron chi connectivity index (χ4n) is 2.91. The first-order valence-corrected chi connectivity index (χ1v) is 10.0. The van der Waals surface area contributed by atoms with E-state index in [2.05, 4.69) is 15.8 Å². The first-order valence-electron chi connectivity index (χ1n) is 9.66. The summed E-state index contributed by atoms with van der Waals surface area (Å²) in [5, 5.41) is 7.10. The molecule has 1 aliphatic heterocycles. The smallest absolute Gasteiger partial charge is 0.287 e. The molecule has 3 aromatic rings. The highest BCUT2D eigenvalue weighted by Gasteiger charge is 2.16. The van der Waals surface area contributed by atoms with Crippen molar-refractivity contribution in [2.45, 2.75) is 0 Å². The number of nitrogens with zero attached hydrogens (tertiary/aromatic N) is 1. The third-order valence-corrected chi connectivity index (χ3v) is 4.86. The van der Waals surface area contributed by atoms with Gasteiger partial charge in [-0.15, -0.1) is 0 Å². The monoisotopic (exact) mass is 447 g/mol. The molecule has 1 aliphatic rings. The Kier molecular flexibility index (Phi) is 6.48. The van der Waals surface area contributed by atoms with Gasteiger partial charge in [-0.1, -0.05) is 54.1 Å². The molecule has 4 rings (SSSR count). The summed E-state index contributed by atoms with van der Waals surface area (Å²) in [6.45, 7) is 0.136. The van der Waals surface area contributed by atoms with Crippen molar-refractivity contribution in [3.05, 3.63) is 100 Å². The Morgan fingerprint density at radius 2 is 1.69 bits per heavy atom. The minimum Gasteiger partial charge on any atom is -0.454 e. The van der Waals surface area contributed by atoms with Crippen LogP contribution in [0.1, 0.15) is 21.5 Å². The quantitative estimate of drug-likeness (QED) is 0.339. The van der Waals surface area contributed by atoms with Crippen molar-refractivity contribution >= 4 is 35.7 Å². The van der Waals surface area contributed by atoms with E-state index in [1.807, 2.05) is 0 Å². The highest BCUT2D eigenvalue weighted by atomic mass is 35.5. The van der Waals surface area contributed by atoms with E-state index in [1.54, 1.807) is 72.8 Å². The van der Waals surface area contributed by atoms with Gasteiger partial charge in [-0.2, -0.15) is 5.10 Å². The average Bonchev–Trinajstić information content (AvgIpc) is 3.28. The number of rotatable bonds is 6. The molecule has 0 fully saturated rings. The van der Waals surface area contributed by atoms with Gasteiger partial charge in [-0.25, -0.2) is 5.43 Å². The minimum absolute atomic E-state index is 0.00836. The molecule has 0 saturated heterocycles. The Hall–Kier alpha value is -4.10. The van der Waals surface area contributed by atoms with Crippen LogP contribution < -0.4 is 20.2 Å². The number of hydrazone groups is 1. The predicted octanol–water partition coefficient (Wildman–Crippen LogP) is 3.99. The lowest BCUT2D eigenvalue weighted by Crippen LogP contribution is -2.32. The number of benzene rings is 3. The van der Waals surface area contributed by atoms with E-state index in [-0.39, 0.29) is 12.5 Å². The van der Waals surface area contributed by atoms with Crippen molar-refractivity contribution in [2.75, 3.05) is 6.79 Å². The fourth-order valence-corrected chi connectivity index (χ4v) is 3.10. The molecule has 8 heteroatoms. The molecule has 3 aromatic carbocycles. The van der Waals surface area contributed by atoms with Gasteiger partial charge < -0.3 is 14.8 Å². The summed E-state index contributed by atoms with van der Waals surface area (Å²) in [5.41, 5.74) is 4.13. The van der Waals surface area contributed by atoms with E-state index in [0.29, 0.717) is 33.2 Å². The van der Waals surface area contributed by atoms with Gasteiger partial charge in [0.05, 0.1) is 6.21 Å². The van der Waals surface area contributed by atoms with Crippen LogP contribution in [0.4, 0.5) is 0 Å². The van der Waals surface area contributed by atoms with Crippen LogP contribution in [-0.4, -0.2) is 24.8 Å². The Bertz CT molecular complexity index is 1210. The normalized spacial score (nSPS) is 12.6. The van der Waals surface area contributed by atoms with E-state index < -0.39 is 11.8 Å². The molecule has 2 N–H and O–H groups in total. The van der Waals surface area contributed by atoms with E-state index in [0.717, 1.165) is 0 Å². The van der Waals surface area contributed by atoms with Crippen molar-refractivity contribution in [3.8, 4) is 11.5 Å². The zero-order chi connectivity index (χ0) is 22.3. The maximum atomic E-state index is 12.8. The Morgan fingerprint density at radius 1 is 0.938 bits per heavy atom. The van der Waals surface area contributed by atoms with Crippen molar-refractivity contribution in [2.24, 2.45) is 5.10 Å². The van der Waals surface area contributed by atoms with Crippen LogP contribution >= 0.6 is 11.6 Å². The van der Waals surface area contributed by atoms with Crippen molar-refractivity contribution in [1.82, 2.24) is 10.7 Å². The number of fused-ring (bicyclic) bond motifs is 1. The topological polar surface area (TPSA) is 89.0 Å². The molecule has 32 heavy (non-hydrogen) atoms. The molecule has 0 unspecified atom stereocenters. The van der Waals surface area contributed by atoms with Gasteiger partial charge in [0.1, 0.15) is 5.70 Å². The number of nitrogens with one attached hydrogen (secondary N) is 2. The zero-order valence-corrected chi connectivity index (χ0v) is 17.5. The number of amides is 2. The van der Waals surface area contributed by atoms with E-state index in [4.69, 9.17) is 21.1 Å². The van der Waals surface area contributed by atoms with Gasteiger partial charge in [0.25, 0.3) is 11.8 Å². The summed E-state index contributed by atoms with van der Waals surface area (Å²) < 4.78 is 10.7. The molecular formula is C24H18ClN3O4. The molecule has 0 bridgehead atoms. The van der Waals surface area contributed by atoms with E-state index >= 15 is 0 Å². The van der Waals surface area contributed by atoms with Crippen LogP contribution in [0.3, 0.4) is 0 Å². The molecule has 0 atom stereocenters. The van der Waals surface area contributed by atoms with Crippen LogP contribution in [0.5, 0.6) is 11.5 Å². The van der Waals surface area contributed by atoms with Gasteiger partial charge in [0.15, 0.2) is 11.5 Å². The third kappa shape index (κ3) is 5.14. The lowest BCUT2D eigenvalue weighted by Gasteiger charge is -2.09. The van der Waals surface area contributed by atoms with Crippen LogP contribution in [0.2, 0.25) is 5.02 Å². The first kappa shape index (κ1) is 21.1. The van der Waals surface area contributed by atoms with Crippen LogP contribution in [0.15, 0.2) is 83.6 Å². The second-order valence-electron chi connectivity index (χ2n) is 6.71. The maximum Gasteiger partial charge on any atom is 0.287 e. The Morgan fingerprint density at radius 3 is 2.50 bits per heavy atom. The second kappa shape index (κ2) is 9.80. The van der Waals surface area contributed by atoms with Gasteiger partial charge in [0, 0.05) is 16.1 Å². The van der Waals surface area contributed by atoms with E-state index in [9.17, 15) is 9.59 Å². The maximum absolute atomic E-state index is 12.8. The molecule has 0 aliphatic carbocycles. The number of carbonyl (C=O) groups is 2. The third-order valence-electron chi connectivity index (χ3n) is 4.51. The minimum atomic E-state index is -0.602. The number of halogens is 1. The van der Waals surface area contributed by atoms with Crippen LogP contribution in [-0.2, 0) is 4.79 Å². The molecule has 2 amide bonds. The average molecular weight is 448 g/mol. The molecule has 0 saturated carbocycles. The molecule has 1 heterocycles. The summed E-state index contributed by atoms with van der Waals surface area (Å²) >= 11 is 6.10. The number of hydrogen-bond acceptors (Lipinski definition) is 5. The fraction of sp³-hybridized carbons (Fsp3) is 0.0417. The number of carbonyl (C=O) groups excluding carboxylic acids is 2. The lowest BCUT2D eigenvalue weighted by molar-refractivity contribution is -0.117. The SMILES string of the molecule is O=C(N/N=C/c1ccccc1Cl)/C(=C\c1ccc2c(c1)OCO2)NC(=O)c1ccccc1. The lowest BCUT2D eigenvalue weighted by atomic mass is 10.1. The van der Waals surface area contributed by atoms with Crippen LogP contribution in [0.25, 0.3) is 6.08 Å². The summed E-state index contributed by atoms with van der Waals surface area (Å²) in [6.07, 6.45) is 2.96. The van der Waals surface area contributed by atoms with Crippen molar-refractivity contribution < 1.29 is 19.1 Å². The predicted molar refractivity (Wildman–Crippen MR) is 122 cm³/mol. The van der Waals surface area contributed by atoms with Gasteiger partial charge in [-0.3, -0.25) is 9.59 Å². The first-order chi connectivity index (χ1) is 15.6. The summed E-state index contributed by atoms with van der Waals surface area (Å²) in [5.74, 6) is 0.147. The van der Waals surface area contributed by atoms with Crippen LogP contribution in [0, 0.1) is 0 Å². The van der Waals surface area contributed by atoms with Gasteiger partial charge in [0.2, 0.25) is 6.79 Å². The van der Waals surface area contributed by atoms with E-state index in [1.165, 1.54) is 12.3 Å². The number of ether oxygens (including phenoxy) is 2. The standard InChI is InChI=1S/C24H18ClN3O4/c25-19-9-5-4-8-18(19)14-26-28-24(30)20(27-23(29)17-6-2-1-3-7-17)12-16-10-11-21-22(13-16)32-15-31-21/h1-14H,15H2,(H,27,29)(H,28,30)/b20-12+,26-14+. The van der Waals surface area contributed by atoms with Gasteiger partial charge in [-0.05, 0) is 42.0 Å². The Balaban J connectivity index is 1.57. The molecule has 160 valence electrons. The van der Waals surface area contributed by atoms with Crippen molar-refractivity contribution in [3.63, 3.8) is 0 Å². The largest absolute Gasteiger partial charge is 0.454 e. The number of hydrogen-bond donors (Lipinski definition) is 2. The van der Waals surface area contributed by atoms with Crippen molar-refractivity contribution in [1.29, 1.82) is 0 Å². The second-order valence-corrected chi connectivity index (χ2v) is 7.12. The zero-order valence-electron chi connectivity index (χ0n) is 16.7. The highest BCUT2D eigenvalue weighted by molar-refractivity contribution is 6.33. The molecule has 0 aromatic heterocycles. The Labute approximate surface area is 189 Å². The molecule has 7 nitrogen and oxygen atoms in total. The molecular weight excluding hydrogens is 430 g/mol. The summed E-state index contributed by atoms with van der Waals surface area (Å²) in [7, 11) is 0. The summed E-state index contributed by atoms with van der Waals surface area (Å²) in [6, 6.07) is 20.9. The molecule has 0 spiro atoms. The van der Waals surface area contributed by atoms with Gasteiger partial charge >= 0.3 is 0 Å². The highest BCUT2D eigenvalue weighted by Crippen LogP contribution is 2.33. The summed E-state index contributed by atoms with van der Waals surface area (Å²) in [4.78, 5) is 25.5. The molecule has 0 radical (unpaired) electrons.